The summed E-state index contributed by atoms with van der Waals surface area (Å²) in [6, 6.07) is 19.2. The van der Waals surface area contributed by atoms with E-state index in [1.165, 1.54) is 7.05 Å². The highest BCUT2D eigenvalue weighted by Crippen LogP contribution is 2.46. The van der Waals surface area contributed by atoms with Gasteiger partial charge in [-0.2, -0.15) is 5.10 Å². The quantitative estimate of drug-likeness (QED) is 0.696. The monoisotopic (exact) mass is 413 g/mol. The number of aromatic amines is 1. The van der Waals surface area contributed by atoms with E-state index in [0.717, 1.165) is 15.9 Å². The van der Waals surface area contributed by atoms with Crippen molar-refractivity contribution in [3.8, 4) is 0 Å². The SMILES string of the molecule is Cn1c(=O)[nH]c2c(c1=O)C1=NN(c3ccccc3)C3C=COC13CN2c1ccccc1. The number of para-hydroxylation sites is 2. The molecule has 0 amide bonds. The van der Waals surface area contributed by atoms with Crippen molar-refractivity contribution in [1.29, 1.82) is 0 Å². The van der Waals surface area contributed by atoms with Gasteiger partial charge in [-0.05, 0) is 30.3 Å². The molecular weight excluding hydrogens is 394 g/mol. The molecule has 0 saturated carbocycles. The van der Waals surface area contributed by atoms with Crippen molar-refractivity contribution in [3.63, 3.8) is 0 Å². The van der Waals surface area contributed by atoms with Crippen LogP contribution < -0.4 is 21.2 Å². The van der Waals surface area contributed by atoms with Crippen LogP contribution in [0.15, 0.2) is 87.7 Å². The Bertz CT molecular complexity index is 1360. The van der Waals surface area contributed by atoms with Crippen molar-refractivity contribution < 1.29 is 4.74 Å². The van der Waals surface area contributed by atoms with Gasteiger partial charge in [-0.15, -0.1) is 0 Å². The Morgan fingerprint density at radius 1 is 1.03 bits per heavy atom. The number of fused-ring (bicyclic) bond motifs is 2. The smallest absolute Gasteiger partial charge is 0.329 e. The van der Waals surface area contributed by atoms with Gasteiger partial charge >= 0.3 is 5.69 Å². The number of H-pyrrole nitrogens is 1. The summed E-state index contributed by atoms with van der Waals surface area (Å²) >= 11 is 0. The molecule has 2 atom stereocenters. The molecule has 3 aromatic rings. The number of ether oxygens (including phenoxy) is 1. The Balaban J connectivity index is 1.63. The second-order valence-electron chi connectivity index (χ2n) is 7.85. The number of aromatic nitrogens is 2. The first-order valence-electron chi connectivity index (χ1n) is 10.0. The standard InChI is InChI=1S/C23H19N5O3/c1-26-21(29)18-19-23(14-27(20(18)24-22(26)30)15-8-4-2-5-9-15)17(12-13-31-23)28(25-19)16-10-6-3-7-11-16/h2-13,17H,14H2,1H3,(H,24,30). The Hall–Kier alpha value is -4.07. The maximum absolute atomic E-state index is 13.3. The first-order valence-corrected chi connectivity index (χ1v) is 10.0. The lowest BCUT2D eigenvalue weighted by Gasteiger charge is -2.41. The average Bonchev–Trinajstić information content (AvgIpc) is 3.35. The molecule has 2 unspecified atom stereocenters. The van der Waals surface area contributed by atoms with Gasteiger partial charge in [-0.1, -0.05) is 36.4 Å². The van der Waals surface area contributed by atoms with E-state index < -0.39 is 16.9 Å². The lowest BCUT2D eigenvalue weighted by atomic mass is 9.83. The molecule has 1 aromatic heterocycles. The fourth-order valence-corrected chi connectivity index (χ4v) is 4.62. The minimum Gasteiger partial charge on any atom is -0.484 e. The van der Waals surface area contributed by atoms with Gasteiger partial charge in [0, 0.05) is 12.7 Å². The minimum atomic E-state index is -0.872. The molecule has 0 saturated heterocycles. The number of hydrogen-bond donors (Lipinski definition) is 1. The third-order valence-corrected chi connectivity index (χ3v) is 6.16. The zero-order chi connectivity index (χ0) is 21.2. The van der Waals surface area contributed by atoms with Crippen molar-refractivity contribution in [3.05, 3.63) is 99.4 Å². The van der Waals surface area contributed by atoms with Crippen LogP contribution in [0.3, 0.4) is 0 Å². The third-order valence-electron chi connectivity index (χ3n) is 6.16. The number of hydrogen-bond acceptors (Lipinski definition) is 6. The number of hydrazone groups is 1. The van der Waals surface area contributed by atoms with Crippen LogP contribution in [0.1, 0.15) is 5.56 Å². The van der Waals surface area contributed by atoms with Gasteiger partial charge in [-0.25, -0.2) is 4.79 Å². The topological polar surface area (TPSA) is 82.9 Å². The predicted octanol–water partition coefficient (Wildman–Crippen LogP) is 2.10. The Morgan fingerprint density at radius 2 is 1.71 bits per heavy atom. The number of nitrogens with one attached hydrogen (secondary N) is 1. The van der Waals surface area contributed by atoms with E-state index in [1.807, 2.05) is 76.6 Å². The molecule has 3 aliphatic heterocycles. The van der Waals surface area contributed by atoms with Crippen LogP contribution in [0.25, 0.3) is 0 Å². The molecule has 3 aliphatic rings. The van der Waals surface area contributed by atoms with E-state index in [0.29, 0.717) is 23.6 Å². The van der Waals surface area contributed by atoms with Crippen LogP contribution in [0.5, 0.6) is 0 Å². The molecule has 6 rings (SSSR count). The summed E-state index contributed by atoms with van der Waals surface area (Å²) in [5.74, 6) is 0.438. The molecule has 1 N–H and O–H groups in total. The summed E-state index contributed by atoms with van der Waals surface area (Å²) in [5.41, 5.74) is 0.896. The Morgan fingerprint density at radius 3 is 2.42 bits per heavy atom. The Kier molecular flexibility index (Phi) is 3.56. The van der Waals surface area contributed by atoms with Crippen LogP contribution in [0, 0.1) is 0 Å². The van der Waals surface area contributed by atoms with Crippen molar-refractivity contribution in [2.24, 2.45) is 12.1 Å². The molecule has 8 heteroatoms. The second kappa shape index (κ2) is 6.21. The van der Waals surface area contributed by atoms with E-state index in [4.69, 9.17) is 9.84 Å². The van der Waals surface area contributed by atoms with E-state index >= 15 is 0 Å². The van der Waals surface area contributed by atoms with E-state index in [9.17, 15) is 9.59 Å². The highest BCUT2D eigenvalue weighted by Gasteiger charge is 2.60. The van der Waals surface area contributed by atoms with Crippen molar-refractivity contribution in [2.45, 2.75) is 11.6 Å². The van der Waals surface area contributed by atoms with Crippen molar-refractivity contribution >= 4 is 22.9 Å². The maximum atomic E-state index is 13.3. The number of rotatable bonds is 2. The Labute approximate surface area is 177 Å². The van der Waals surface area contributed by atoms with Gasteiger partial charge in [0.25, 0.3) is 5.56 Å². The molecule has 0 aliphatic carbocycles. The largest absolute Gasteiger partial charge is 0.484 e. The van der Waals surface area contributed by atoms with Gasteiger partial charge in [-0.3, -0.25) is 19.4 Å². The molecule has 1 spiro atoms. The second-order valence-corrected chi connectivity index (χ2v) is 7.85. The minimum absolute atomic E-state index is 0.221. The molecule has 0 bridgehead atoms. The van der Waals surface area contributed by atoms with Crippen LogP contribution >= 0.6 is 0 Å². The first kappa shape index (κ1) is 17.8. The van der Waals surface area contributed by atoms with Crippen LogP contribution in [-0.4, -0.2) is 33.5 Å². The van der Waals surface area contributed by atoms with Gasteiger partial charge < -0.3 is 9.64 Å². The zero-order valence-electron chi connectivity index (χ0n) is 16.7. The van der Waals surface area contributed by atoms with Gasteiger partial charge in [0.15, 0.2) is 5.60 Å². The van der Waals surface area contributed by atoms with Crippen molar-refractivity contribution in [2.75, 3.05) is 16.5 Å². The molecule has 0 radical (unpaired) electrons. The fourth-order valence-electron chi connectivity index (χ4n) is 4.62. The summed E-state index contributed by atoms with van der Waals surface area (Å²) in [5, 5.41) is 6.76. The maximum Gasteiger partial charge on any atom is 0.329 e. The fraction of sp³-hybridized carbons (Fsp3) is 0.174. The molecule has 154 valence electrons. The van der Waals surface area contributed by atoms with Crippen LogP contribution in [-0.2, 0) is 11.8 Å². The lowest BCUT2D eigenvalue weighted by Crippen LogP contribution is -2.60. The highest BCUT2D eigenvalue weighted by atomic mass is 16.5. The van der Waals surface area contributed by atoms with Crippen molar-refractivity contribution in [1.82, 2.24) is 9.55 Å². The molecular formula is C23H19N5O3. The molecule has 31 heavy (non-hydrogen) atoms. The highest BCUT2D eigenvalue weighted by molar-refractivity contribution is 6.15. The number of nitrogens with zero attached hydrogens (tertiary/aromatic N) is 4. The average molecular weight is 413 g/mol. The third kappa shape index (κ3) is 2.32. The molecule has 8 nitrogen and oxygen atoms in total. The zero-order valence-corrected chi connectivity index (χ0v) is 16.7. The summed E-state index contributed by atoms with van der Waals surface area (Å²) in [6.45, 7) is 0.396. The summed E-state index contributed by atoms with van der Waals surface area (Å²) in [6.07, 6.45) is 3.65. The van der Waals surface area contributed by atoms with Crippen LogP contribution in [0.4, 0.5) is 17.2 Å². The number of benzene rings is 2. The van der Waals surface area contributed by atoms with Gasteiger partial charge in [0.2, 0.25) is 0 Å². The van der Waals surface area contributed by atoms with E-state index in [2.05, 4.69) is 4.98 Å². The van der Waals surface area contributed by atoms with E-state index in [-0.39, 0.29) is 6.04 Å². The normalized spacial score (nSPS) is 23.1. The van der Waals surface area contributed by atoms with Crippen LogP contribution in [0.2, 0.25) is 0 Å². The molecule has 0 fully saturated rings. The summed E-state index contributed by atoms with van der Waals surface area (Å²) < 4.78 is 7.29. The molecule has 2 aromatic carbocycles. The summed E-state index contributed by atoms with van der Waals surface area (Å²) in [4.78, 5) is 30.6. The van der Waals surface area contributed by atoms with E-state index in [1.54, 1.807) is 6.26 Å². The summed E-state index contributed by atoms with van der Waals surface area (Å²) in [7, 11) is 1.46. The van der Waals surface area contributed by atoms with Gasteiger partial charge in [0.1, 0.15) is 23.1 Å². The first-order chi connectivity index (χ1) is 15.1. The lowest BCUT2D eigenvalue weighted by molar-refractivity contribution is 0.112. The molecule has 4 heterocycles. The predicted molar refractivity (Wildman–Crippen MR) is 118 cm³/mol. The van der Waals surface area contributed by atoms with Gasteiger partial charge in [0.05, 0.1) is 18.5 Å². The number of anilines is 3.